The van der Waals surface area contributed by atoms with Gasteiger partial charge >= 0.3 is 0 Å². The lowest BCUT2D eigenvalue weighted by molar-refractivity contribution is 0.866. The lowest BCUT2D eigenvalue weighted by Crippen LogP contribution is -1.91. The normalized spacial score (nSPS) is 11.3. The van der Waals surface area contributed by atoms with E-state index >= 15 is 0 Å². The van der Waals surface area contributed by atoms with Crippen molar-refractivity contribution in [3.63, 3.8) is 0 Å². The van der Waals surface area contributed by atoms with Crippen molar-refractivity contribution in [2.24, 2.45) is 0 Å². The molecule has 0 radical (unpaired) electrons. The molecule has 1 rings (SSSR count). The summed E-state index contributed by atoms with van der Waals surface area (Å²) in [5, 5.41) is 0.722. The van der Waals surface area contributed by atoms with Crippen molar-refractivity contribution in [3.8, 4) is 0 Å². The second kappa shape index (κ2) is 5.45. The Hall–Kier alpha value is -0.430. The van der Waals surface area contributed by atoms with Crippen LogP contribution in [0.15, 0.2) is 24.3 Å². The average Bonchev–Trinajstić information content (AvgIpc) is 2.15. The largest absolute Gasteiger partial charge is 0.154 e. The Morgan fingerprint density at radius 3 is 2.00 bits per heavy atom. The first kappa shape index (κ1) is 11.6. The molecule has 0 N–H and O–H groups in total. The minimum absolute atomic E-state index is 0.641. The monoisotopic (exact) mass is 208 g/mol. The first-order chi connectivity index (χ1) is 6.59. The Morgan fingerprint density at radius 1 is 1.00 bits per heavy atom. The topological polar surface area (TPSA) is 0 Å². The predicted molar refractivity (Wildman–Crippen MR) is 67.0 cm³/mol. The molecule has 0 nitrogen and oxygen atoms in total. The summed E-state index contributed by atoms with van der Waals surface area (Å²) in [5.41, 5.74) is 2.87. The Balaban J connectivity index is 2.55. The highest BCUT2D eigenvalue weighted by atomic mass is 32.2. The quantitative estimate of drug-likeness (QED) is 0.704. The van der Waals surface area contributed by atoms with E-state index in [9.17, 15) is 0 Å². The summed E-state index contributed by atoms with van der Waals surface area (Å²) in [6, 6.07) is 9.01. The van der Waals surface area contributed by atoms with Gasteiger partial charge in [-0.3, -0.25) is 0 Å². The Kier molecular flexibility index (Phi) is 4.53. The van der Waals surface area contributed by atoms with Crippen molar-refractivity contribution in [2.75, 3.05) is 0 Å². The third kappa shape index (κ3) is 3.75. The summed E-state index contributed by atoms with van der Waals surface area (Å²) in [6.07, 6.45) is 0. The van der Waals surface area contributed by atoms with Crippen LogP contribution < -0.4 is 0 Å². The third-order valence-corrected chi connectivity index (χ3v) is 3.40. The van der Waals surface area contributed by atoms with Gasteiger partial charge in [0.25, 0.3) is 0 Å². The first-order valence-corrected chi connectivity index (χ1v) is 6.35. The van der Waals surface area contributed by atoms with E-state index in [4.69, 9.17) is 0 Å². The third-order valence-electron chi connectivity index (χ3n) is 2.23. The zero-order valence-electron chi connectivity index (χ0n) is 9.58. The van der Waals surface area contributed by atoms with Crippen LogP contribution in [0.25, 0.3) is 0 Å². The molecule has 78 valence electrons. The van der Waals surface area contributed by atoms with Gasteiger partial charge in [0.05, 0.1) is 0 Å². The van der Waals surface area contributed by atoms with Crippen LogP contribution in [0.1, 0.15) is 44.7 Å². The average molecular weight is 208 g/mol. The molecular weight excluding hydrogens is 188 g/mol. The summed E-state index contributed by atoms with van der Waals surface area (Å²) in [4.78, 5) is 0. The van der Waals surface area contributed by atoms with Crippen LogP contribution >= 0.6 is 11.8 Å². The van der Waals surface area contributed by atoms with E-state index in [1.165, 1.54) is 11.1 Å². The summed E-state index contributed by atoms with van der Waals surface area (Å²) >= 11 is 2.00. The van der Waals surface area contributed by atoms with Gasteiger partial charge in [-0.2, -0.15) is 11.8 Å². The fourth-order valence-corrected chi connectivity index (χ4v) is 1.98. The predicted octanol–water partition coefficient (Wildman–Crippen LogP) is 4.45. The van der Waals surface area contributed by atoms with E-state index in [2.05, 4.69) is 52.0 Å². The molecule has 0 saturated heterocycles. The minimum atomic E-state index is 0.641. The van der Waals surface area contributed by atoms with Gasteiger partial charge in [0, 0.05) is 5.75 Å². The molecule has 0 heterocycles. The summed E-state index contributed by atoms with van der Waals surface area (Å²) in [6.45, 7) is 8.95. The van der Waals surface area contributed by atoms with Crippen LogP contribution in [-0.4, -0.2) is 5.25 Å². The van der Waals surface area contributed by atoms with Gasteiger partial charge in [0.1, 0.15) is 0 Å². The summed E-state index contributed by atoms with van der Waals surface area (Å²) in [7, 11) is 0. The lowest BCUT2D eigenvalue weighted by atomic mass is 10.0. The lowest BCUT2D eigenvalue weighted by Gasteiger charge is -2.08. The highest BCUT2D eigenvalue weighted by molar-refractivity contribution is 7.99. The number of thioether (sulfide) groups is 1. The molecule has 1 aromatic carbocycles. The molecule has 0 spiro atoms. The molecule has 0 bridgehead atoms. The first-order valence-electron chi connectivity index (χ1n) is 5.30. The Labute approximate surface area is 92.1 Å². The molecule has 0 aliphatic heterocycles. The zero-order valence-corrected chi connectivity index (χ0v) is 10.4. The molecule has 1 heteroatoms. The van der Waals surface area contributed by atoms with Gasteiger partial charge in [-0.15, -0.1) is 0 Å². The number of hydrogen-bond donors (Lipinski definition) is 0. The number of benzene rings is 1. The Morgan fingerprint density at radius 2 is 1.57 bits per heavy atom. The van der Waals surface area contributed by atoms with E-state index in [0.29, 0.717) is 5.92 Å². The van der Waals surface area contributed by atoms with Crippen LogP contribution in [0.5, 0.6) is 0 Å². The molecule has 0 fully saturated rings. The smallest absolute Gasteiger partial charge is 0.0187 e. The molecule has 0 aliphatic carbocycles. The number of hydrogen-bond acceptors (Lipinski definition) is 1. The molecule has 1 aromatic rings. The molecule has 14 heavy (non-hydrogen) atoms. The standard InChI is InChI=1S/C13H20S/c1-10(2)13-7-5-12(6-8-13)9-14-11(3)4/h5-8,10-11H,9H2,1-4H3. The van der Waals surface area contributed by atoms with E-state index in [-0.39, 0.29) is 0 Å². The Bertz CT molecular complexity index is 259. The van der Waals surface area contributed by atoms with Gasteiger partial charge in [0.2, 0.25) is 0 Å². The van der Waals surface area contributed by atoms with Gasteiger partial charge in [-0.25, -0.2) is 0 Å². The van der Waals surface area contributed by atoms with E-state index in [1.807, 2.05) is 11.8 Å². The molecule has 0 amide bonds. The van der Waals surface area contributed by atoms with Gasteiger partial charge in [-0.05, 0) is 22.3 Å². The van der Waals surface area contributed by atoms with Crippen LogP contribution in [-0.2, 0) is 5.75 Å². The molecular formula is C13H20S. The van der Waals surface area contributed by atoms with Gasteiger partial charge in [-0.1, -0.05) is 52.0 Å². The molecule has 0 atom stereocenters. The highest BCUT2D eigenvalue weighted by Crippen LogP contribution is 2.19. The van der Waals surface area contributed by atoms with Crippen LogP contribution in [0.4, 0.5) is 0 Å². The van der Waals surface area contributed by atoms with Crippen LogP contribution in [0, 0.1) is 0 Å². The molecule has 0 saturated carbocycles. The van der Waals surface area contributed by atoms with Crippen molar-refractivity contribution >= 4 is 11.8 Å². The van der Waals surface area contributed by atoms with Crippen molar-refractivity contribution < 1.29 is 0 Å². The second-order valence-electron chi connectivity index (χ2n) is 4.26. The second-order valence-corrected chi connectivity index (χ2v) is 5.82. The van der Waals surface area contributed by atoms with Gasteiger partial charge < -0.3 is 0 Å². The van der Waals surface area contributed by atoms with Crippen molar-refractivity contribution in [3.05, 3.63) is 35.4 Å². The van der Waals surface area contributed by atoms with Crippen molar-refractivity contribution in [1.82, 2.24) is 0 Å². The van der Waals surface area contributed by atoms with Crippen molar-refractivity contribution in [2.45, 2.75) is 44.6 Å². The maximum absolute atomic E-state index is 2.25. The minimum Gasteiger partial charge on any atom is -0.154 e. The van der Waals surface area contributed by atoms with Gasteiger partial charge in [0.15, 0.2) is 0 Å². The SMILES string of the molecule is CC(C)SCc1ccc(C(C)C)cc1. The van der Waals surface area contributed by atoms with E-state index in [1.54, 1.807) is 0 Å². The fourth-order valence-electron chi connectivity index (χ4n) is 1.26. The van der Waals surface area contributed by atoms with Crippen molar-refractivity contribution in [1.29, 1.82) is 0 Å². The van der Waals surface area contributed by atoms with Crippen LogP contribution in [0.3, 0.4) is 0 Å². The molecule has 0 aliphatic rings. The molecule has 0 aromatic heterocycles. The molecule has 0 unspecified atom stereocenters. The van der Waals surface area contributed by atoms with E-state index < -0.39 is 0 Å². The maximum Gasteiger partial charge on any atom is 0.0187 e. The maximum atomic E-state index is 2.25. The zero-order chi connectivity index (χ0) is 10.6. The summed E-state index contributed by atoms with van der Waals surface area (Å²) in [5.74, 6) is 1.78. The van der Waals surface area contributed by atoms with Crippen LogP contribution in [0.2, 0.25) is 0 Å². The summed E-state index contributed by atoms with van der Waals surface area (Å²) < 4.78 is 0. The fraction of sp³-hybridized carbons (Fsp3) is 0.538. The van der Waals surface area contributed by atoms with E-state index in [0.717, 1.165) is 11.0 Å². The highest BCUT2D eigenvalue weighted by Gasteiger charge is 2.00. The number of rotatable bonds is 4.